The predicted octanol–water partition coefficient (Wildman–Crippen LogP) is 1.75. The average molecular weight is 338 g/mol. The molecule has 7 nitrogen and oxygen atoms in total. The standard InChI is InChI=1S/C15H18N2O5S/c1-10-15(11(2)22-16-10)23(18,19)17(3)8-12-9-20-13-6-4-5-7-14(13)21-12/h4-7,12H,8-9H2,1-3H3/t12-/m1/s1. The number of sulfonamides is 1. The van der Waals surface area contributed by atoms with Crippen LogP contribution in [0.15, 0.2) is 33.7 Å². The molecule has 0 saturated heterocycles. The van der Waals surface area contributed by atoms with Crippen LogP contribution in [-0.4, -0.2) is 44.2 Å². The van der Waals surface area contributed by atoms with Crippen LogP contribution in [0.4, 0.5) is 0 Å². The molecule has 3 rings (SSSR count). The van der Waals surface area contributed by atoms with Crippen LogP contribution in [0.25, 0.3) is 0 Å². The zero-order valence-corrected chi connectivity index (χ0v) is 14.0. The molecule has 124 valence electrons. The quantitative estimate of drug-likeness (QED) is 0.845. The first kappa shape index (κ1) is 15.8. The van der Waals surface area contributed by atoms with Crippen molar-refractivity contribution in [3.63, 3.8) is 0 Å². The van der Waals surface area contributed by atoms with E-state index in [0.717, 1.165) is 0 Å². The van der Waals surface area contributed by atoms with Crippen molar-refractivity contribution in [2.24, 2.45) is 0 Å². The summed E-state index contributed by atoms with van der Waals surface area (Å²) < 4.78 is 43.0. The van der Waals surface area contributed by atoms with E-state index in [1.54, 1.807) is 19.9 Å². The zero-order valence-electron chi connectivity index (χ0n) is 13.1. The lowest BCUT2D eigenvalue weighted by Gasteiger charge is -2.29. The molecule has 1 aliphatic heterocycles. The van der Waals surface area contributed by atoms with Gasteiger partial charge in [-0.1, -0.05) is 17.3 Å². The van der Waals surface area contributed by atoms with Gasteiger partial charge in [0.2, 0.25) is 10.0 Å². The Bertz CT molecular complexity index is 796. The van der Waals surface area contributed by atoms with Crippen LogP contribution in [0.5, 0.6) is 11.5 Å². The van der Waals surface area contributed by atoms with E-state index in [1.165, 1.54) is 11.4 Å². The number of ether oxygens (including phenoxy) is 2. The molecule has 0 bridgehead atoms. The van der Waals surface area contributed by atoms with E-state index in [-0.39, 0.29) is 23.3 Å². The third kappa shape index (κ3) is 2.91. The number of rotatable bonds is 4. The van der Waals surface area contributed by atoms with Crippen LogP contribution in [0.1, 0.15) is 11.5 Å². The highest BCUT2D eigenvalue weighted by Crippen LogP contribution is 2.31. The summed E-state index contributed by atoms with van der Waals surface area (Å²) in [6.45, 7) is 3.64. The molecular weight excluding hydrogens is 320 g/mol. The monoisotopic (exact) mass is 338 g/mol. The summed E-state index contributed by atoms with van der Waals surface area (Å²) in [4.78, 5) is 0.108. The molecule has 0 radical (unpaired) electrons. The minimum Gasteiger partial charge on any atom is -0.486 e. The van der Waals surface area contributed by atoms with Crippen molar-refractivity contribution in [1.29, 1.82) is 0 Å². The molecular formula is C15H18N2O5S. The summed E-state index contributed by atoms with van der Waals surface area (Å²) >= 11 is 0. The van der Waals surface area contributed by atoms with Gasteiger partial charge in [0.25, 0.3) is 0 Å². The van der Waals surface area contributed by atoms with Gasteiger partial charge in [0.15, 0.2) is 17.3 Å². The van der Waals surface area contributed by atoms with E-state index < -0.39 is 10.0 Å². The smallest absolute Gasteiger partial charge is 0.248 e. The second-order valence-electron chi connectivity index (χ2n) is 5.44. The van der Waals surface area contributed by atoms with Gasteiger partial charge in [-0.25, -0.2) is 8.42 Å². The number of likely N-dealkylation sites (N-methyl/N-ethyl adjacent to an activating group) is 1. The van der Waals surface area contributed by atoms with Crippen LogP contribution in [0.3, 0.4) is 0 Å². The first-order valence-electron chi connectivity index (χ1n) is 7.17. The Kier molecular flexibility index (Phi) is 4.03. The molecule has 1 atom stereocenters. The lowest BCUT2D eigenvalue weighted by atomic mass is 10.2. The number of para-hydroxylation sites is 2. The van der Waals surface area contributed by atoms with Gasteiger partial charge in [-0.3, -0.25) is 0 Å². The van der Waals surface area contributed by atoms with Gasteiger partial charge in [0.1, 0.15) is 23.3 Å². The van der Waals surface area contributed by atoms with Crippen LogP contribution < -0.4 is 9.47 Å². The summed E-state index contributed by atoms with van der Waals surface area (Å²) in [6.07, 6.45) is -0.384. The minimum absolute atomic E-state index is 0.108. The Hall–Kier alpha value is -2.06. The van der Waals surface area contributed by atoms with Crippen LogP contribution in [-0.2, 0) is 10.0 Å². The predicted molar refractivity (Wildman–Crippen MR) is 82.1 cm³/mol. The van der Waals surface area contributed by atoms with E-state index in [9.17, 15) is 8.42 Å². The van der Waals surface area contributed by atoms with Crippen molar-refractivity contribution in [1.82, 2.24) is 9.46 Å². The number of aryl methyl sites for hydroxylation is 2. The molecule has 2 heterocycles. The number of fused-ring (bicyclic) bond motifs is 1. The zero-order chi connectivity index (χ0) is 16.6. The van der Waals surface area contributed by atoms with Gasteiger partial charge < -0.3 is 14.0 Å². The van der Waals surface area contributed by atoms with Crippen LogP contribution in [0.2, 0.25) is 0 Å². The fraction of sp³-hybridized carbons (Fsp3) is 0.400. The van der Waals surface area contributed by atoms with Crippen molar-refractivity contribution >= 4 is 10.0 Å². The van der Waals surface area contributed by atoms with Crippen molar-refractivity contribution in [2.45, 2.75) is 24.8 Å². The van der Waals surface area contributed by atoms with E-state index >= 15 is 0 Å². The number of hydrogen-bond acceptors (Lipinski definition) is 6. The molecule has 1 aliphatic rings. The minimum atomic E-state index is -3.69. The van der Waals surface area contributed by atoms with Crippen molar-refractivity contribution in [3.8, 4) is 11.5 Å². The number of nitrogens with zero attached hydrogens (tertiary/aromatic N) is 2. The Morgan fingerprint density at radius 3 is 2.61 bits per heavy atom. The largest absolute Gasteiger partial charge is 0.486 e. The molecule has 8 heteroatoms. The lowest BCUT2D eigenvalue weighted by Crippen LogP contribution is -2.41. The first-order chi connectivity index (χ1) is 10.9. The number of hydrogen-bond donors (Lipinski definition) is 0. The highest BCUT2D eigenvalue weighted by atomic mass is 32.2. The van der Waals surface area contributed by atoms with Crippen molar-refractivity contribution in [3.05, 3.63) is 35.7 Å². The van der Waals surface area contributed by atoms with Gasteiger partial charge in [-0.2, -0.15) is 4.31 Å². The summed E-state index contributed by atoms with van der Waals surface area (Å²) in [5.74, 6) is 1.56. The molecule has 23 heavy (non-hydrogen) atoms. The second-order valence-corrected chi connectivity index (χ2v) is 7.42. The Morgan fingerprint density at radius 1 is 1.26 bits per heavy atom. The van der Waals surface area contributed by atoms with Crippen molar-refractivity contribution < 1.29 is 22.4 Å². The van der Waals surface area contributed by atoms with Gasteiger partial charge in [0, 0.05) is 7.05 Å². The van der Waals surface area contributed by atoms with Crippen molar-refractivity contribution in [2.75, 3.05) is 20.2 Å². The highest BCUT2D eigenvalue weighted by Gasteiger charge is 2.32. The topological polar surface area (TPSA) is 81.9 Å². The van der Waals surface area contributed by atoms with E-state index in [2.05, 4.69) is 5.16 Å². The SMILES string of the molecule is Cc1noc(C)c1S(=O)(=O)N(C)C[C@@H]1COc2ccccc2O1. The van der Waals surface area contributed by atoms with Gasteiger partial charge in [0.05, 0.1) is 6.54 Å². The molecule has 0 saturated carbocycles. The van der Waals surface area contributed by atoms with Crippen LogP contribution >= 0.6 is 0 Å². The third-order valence-electron chi connectivity index (χ3n) is 3.66. The summed E-state index contributed by atoms with van der Waals surface area (Å²) in [7, 11) is -2.19. The molecule has 1 aromatic carbocycles. The molecule has 0 fully saturated rings. The maximum Gasteiger partial charge on any atom is 0.248 e. The van der Waals surface area contributed by atoms with Gasteiger partial charge in [-0.05, 0) is 26.0 Å². The number of aromatic nitrogens is 1. The molecule has 0 spiro atoms. The van der Waals surface area contributed by atoms with E-state index in [0.29, 0.717) is 23.8 Å². The maximum absolute atomic E-state index is 12.7. The lowest BCUT2D eigenvalue weighted by molar-refractivity contribution is 0.0798. The van der Waals surface area contributed by atoms with E-state index in [1.807, 2.05) is 18.2 Å². The Balaban J connectivity index is 1.76. The molecule has 0 unspecified atom stereocenters. The summed E-state index contributed by atoms with van der Waals surface area (Å²) in [6, 6.07) is 7.31. The molecule has 2 aromatic rings. The fourth-order valence-electron chi connectivity index (χ4n) is 2.54. The molecule has 0 aliphatic carbocycles. The molecule has 1 aromatic heterocycles. The van der Waals surface area contributed by atoms with E-state index in [4.69, 9.17) is 14.0 Å². The highest BCUT2D eigenvalue weighted by molar-refractivity contribution is 7.89. The van der Waals surface area contributed by atoms with Crippen LogP contribution in [0, 0.1) is 13.8 Å². The normalized spacial score (nSPS) is 17.5. The molecule has 0 amide bonds. The van der Waals surface area contributed by atoms with Gasteiger partial charge >= 0.3 is 0 Å². The Morgan fingerprint density at radius 2 is 1.96 bits per heavy atom. The Labute approximate surface area is 134 Å². The fourth-order valence-corrected chi connectivity index (χ4v) is 4.02. The number of benzene rings is 1. The average Bonchev–Trinajstić information content (AvgIpc) is 2.86. The second kappa shape index (κ2) is 5.86. The summed E-state index contributed by atoms with van der Waals surface area (Å²) in [5, 5.41) is 3.70. The van der Waals surface area contributed by atoms with Gasteiger partial charge in [-0.15, -0.1) is 0 Å². The first-order valence-corrected chi connectivity index (χ1v) is 8.61. The maximum atomic E-state index is 12.7. The molecule has 0 N–H and O–H groups in total. The third-order valence-corrected chi connectivity index (χ3v) is 5.73. The summed E-state index contributed by atoms with van der Waals surface area (Å²) in [5.41, 5.74) is 0.348.